The molecule has 0 aliphatic carbocycles. The van der Waals surface area contributed by atoms with Gasteiger partial charge in [0, 0.05) is 18.3 Å². The van der Waals surface area contributed by atoms with Gasteiger partial charge < -0.3 is 10.1 Å². The summed E-state index contributed by atoms with van der Waals surface area (Å²) in [6.07, 6.45) is 3.70. The van der Waals surface area contributed by atoms with Crippen molar-refractivity contribution in [2.45, 2.75) is 39.3 Å². The van der Waals surface area contributed by atoms with E-state index in [-0.39, 0.29) is 0 Å². The number of rotatable bonds is 5. The SMILES string of the molecule is CC(C)(C)OC(=O)NCCn1cc(-c2ccc(CC#N)cc2)cn1. The van der Waals surface area contributed by atoms with Crippen molar-refractivity contribution in [3.05, 3.63) is 42.2 Å². The summed E-state index contributed by atoms with van der Waals surface area (Å²) < 4.78 is 6.95. The molecule has 1 aromatic carbocycles. The Morgan fingerprint density at radius 1 is 1.29 bits per heavy atom. The summed E-state index contributed by atoms with van der Waals surface area (Å²) in [4.78, 5) is 11.6. The molecule has 0 radical (unpaired) electrons. The predicted molar refractivity (Wildman–Crippen MR) is 91.2 cm³/mol. The number of alkyl carbamates (subject to hydrolysis) is 1. The maximum absolute atomic E-state index is 11.6. The lowest BCUT2D eigenvalue weighted by molar-refractivity contribution is 0.0525. The molecule has 24 heavy (non-hydrogen) atoms. The highest BCUT2D eigenvalue weighted by Crippen LogP contribution is 2.19. The molecule has 2 rings (SSSR count). The van der Waals surface area contributed by atoms with Crippen LogP contribution in [0.15, 0.2) is 36.7 Å². The molecule has 1 aromatic heterocycles. The summed E-state index contributed by atoms with van der Waals surface area (Å²) in [7, 11) is 0. The second-order valence-electron chi connectivity index (χ2n) is 6.45. The molecule has 1 N–H and O–H groups in total. The second kappa shape index (κ2) is 7.64. The molecule has 0 aliphatic rings. The monoisotopic (exact) mass is 326 g/mol. The van der Waals surface area contributed by atoms with Crippen LogP contribution < -0.4 is 5.32 Å². The lowest BCUT2D eigenvalue weighted by Gasteiger charge is -2.19. The largest absolute Gasteiger partial charge is 0.444 e. The Morgan fingerprint density at radius 3 is 2.62 bits per heavy atom. The highest BCUT2D eigenvalue weighted by atomic mass is 16.6. The van der Waals surface area contributed by atoms with Crippen LogP contribution in [0.3, 0.4) is 0 Å². The molecule has 0 atom stereocenters. The van der Waals surface area contributed by atoms with Crippen molar-refractivity contribution < 1.29 is 9.53 Å². The third-order valence-corrected chi connectivity index (χ3v) is 3.21. The van der Waals surface area contributed by atoms with Crippen molar-refractivity contribution in [2.75, 3.05) is 6.54 Å². The van der Waals surface area contributed by atoms with E-state index in [0.717, 1.165) is 16.7 Å². The molecular weight excluding hydrogens is 304 g/mol. The quantitative estimate of drug-likeness (QED) is 0.915. The topological polar surface area (TPSA) is 79.9 Å². The zero-order chi connectivity index (χ0) is 17.6. The van der Waals surface area contributed by atoms with Gasteiger partial charge in [-0.15, -0.1) is 0 Å². The summed E-state index contributed by atoms with van der Waals surface area (Å²) in [5, 5.41) is 15.7. The van der Waals surface area contributed by atoms with Crippen LogP contribution >= 0.6 is 0 Å². The Labute approximate surface area is 142 Å². The third-order valence-electron chi connectivity index (χ3n) is 3.21. The van der Waals surface area contributed by atoms with E-state index in [0.29, 0.717) is 19.5 Å². The van der Waals surface area contributed by atoms with Crippen molar-refractivity contribution in [3.63, 3.8) is 0 Å². The maximum Gasteiger partial charge on any atom is 0.407 e. The van der Waals surface area contributed by atoms with Crippen molar-refractivity contribution in [1.82, 2.24) is 15.1 Å². The van der Waals surface area contributed by atoms with Crippen LogP contribution in [0.25, 0.3) is 11.1 Å². The number of carbonyl (C=O) groups is 1. The number of carbonyl (C=O) groups excluding carboxylic acids is 1. The van der Waals surface area contributed by atoms with Crippen molar-refractivity contribution in [2.24, 2.45) is 0 Å². The summed E-state index contributed by atoms with van der Waals surface area (Å²) in [6.45, 7) is 6.49. The van der Waals surface area contributed by atoms with Gasteiger partial charge in [0.25, 0.3) is 0 Å². The van der Waals surface area contributed by atoms with Crippen LogP contribution in [-0.4, -0.2) is 28.0 Å². The highest BCUT2D eigenvalue weighted by molar-refractivity contribution is 5.67. The average molecular weight is 326 g/mol. The van der Waals surface area contributed by atoms with Crippen molar-refractivity contribution >= 4 is 6.09 Å². The zero-order valence-corrected chi connectivity index (χ0v) is 14.2. The summed E-state index contributed by atoms with van der Waals surface area (Å²) in [5.41, 5.74) is 2.54. The van der Waals surface area contributed by atoms with Gasteiger partial charge in [0.1, 0.15) is 5.60 Å². The molecule has 0 saturated heterocycles. The molecule has 0 spiro atoms. The summed E-state index contributed by atoms with van der Waals surface area (Å²) >= 11 is 0. The van der Waals surface area contributed by atoms with Gasteiger partial charge in [0.05, 0.1) is 25.2 Å². The van der Waals surface area contributed by atoms with Gasteiger partial charge in [-0.2, -0.15) is 10.4 Å². The number of ether oxygens (including phenoxy) is 1. The first-order valence-corrected chi connectivity index (χ1v) is 7.83. The first kappa shape index (κ1) is 17.5. The normalized spacial score (nSPS) is 10.9. The minimum atomic E-state index is -0.499. The number of aromatic nitrogens is 2. The van der Waals surface area contributed by atoms with Crippen molar-refractivity contribution in [3.8, 4) is 17.2 Å². The molecular formula is C18H22N4O2. The third kappa shape index (κ3) is 5.43. The number of nitriles is 1. The Kier molecular flexibility index (Phi) is 5.59. The Bertz CT molecular complexity index is 721. The second-order valence-corrected chi connectivity index (χ2v) is 6.45. The molecule has 126 valence electrons. The molecule has 6 nitrogen and oxygen atoms in total. The number of amides is 1. The van der Waals surface area contributed by atoms with E-state index in [1.54, 1.807) is 10.9 Å². The van der Waals surface area contributed by atoms with Gasteiger partial charge in [0.15, 0.2) is 0 Å². The minimum absolute atomic E-state index is 0.413. The molecule has 0 bridgehead atoms. The average Bonchev–Trinajstić information content (AvgIpc) is 2.95. The number of hydrogen-bond donors (Lipinski definition) is 1. The Hall–Kier alpha value is -2.81. The zero-order valence-electron chi connectivity index (χ0n) is 14.2. The van der Waals surface area contributed by atoms with Crippen LogP contribution in [0.4, 0.5) is 4.79 Å². The summed E-state index contributed by atoms with van der Waals surface area (Å²) in [6, 6.07) is 9.98. The number of hydrogen-bond acceptors (Lipinski definition) is 4. The molecule has 0 saturated carbocycles. The van der Waals surface area contributed by atoms with Crippen LogP contribution in [-0.2, 0) is 17.7 Å². The lowest BCUT2D eigenvalue weighted by Crippen LogP contribution is -2.34. The molecule has 2 aromatic rings. The minimum Gasteiger partial charge on any atom is -0.444 e. The lowest BCUT2D eigenvalue weighted by atomic mass is 10.1. The first-order valence-electron chi connectivity index (χ1n) is 7.83. The molecule has 0 unspecified atom stereocenters. The van der Waals surface area contributed by atoms with Gasteiger partial charge in [-0.05, 0) is 31.9 Å². The van der Waals surface area contributed by atoms with E-state index in [9.17, 15) is 4.79 Å². The fraction of sp³-hybridized carbons (Fsp3) is 0.389. The summed E-state index contributed by atoms with van der Waals surface area (Å²) in [5.74, 6) is 0. The maximum atomic E-state index is 11.6. The van der Waals surface area contributed by atoms with Crippen LogP contribution in [0.5, 0.6) is 0 Å². The molecule has 1 amide bonds. The van der Waals surface area contributed by atoms with Gasteiger partial charge >= 0.3 is 6.09 Å². The van der Waals surface area contributed by atoms with Crippen molar-refractivity contribution in [1.29, 1.82) is 5.26 Å². The van der Waals surface area contributed by atoms with E-state index in [2.05, 4.69) is 16.5 Å². The van der Waals surface area contributed by atoms with E-state index < -0.39 is 11.7 Å². The molecule has 0 fully saturated rings. The van der Waals surface area contributed by atoms with Gasteiger partial charge in [0.2, 0.25) is 0 Å². The van der Waals surface area contributed by atoms with E-state index in [1.165, 1.54) is 0 Å². The molecule has 0 aliphatic heterocycles. The standard InChI is InChI=1S/C18H22N4O2/c1-18(2,3)24-17(23)20-10-11-22-13-16(12-21-22)15-6-4-14(5-7-15)8-9-19/h4-7,12-13H,8,10-11H2,1-3H3,(H,20,23). The number of nitrogens with zero attached hydrogens (tertiary/aromatic N) is 3. The van der Waals surface area contributed by atoms with Crippen LogP contribution in [0, 0.1) is 11.3 Å². The van der Waals surface area contributed by atoms with Gasteiger partial charge in [-0.1, -0.05) is 24.3 Å². The number of nitrogens with one attached hydrogen (secondary N) is 1. The Morgan fingerprint density at radius 2 is 2.00 bits per heavy atom. The van der Waals surface area contributed by atoms with Gasteiger partial charge in [-0.25, -0.2) is 4.79 Å². The van der Waals surface area contributed by atoms with E-state index in [4.69, 9.17) is 10.00 Å². The molecule has 1 heterocycles. The van der Waals surface area contributed by atoms with E-state index in [1.807, 2.05) is 51.2 Å². The van der Waals surface area contributed by atoms with Gasteiger partial charge in [-0.3, -0.25) is 4.68 Å². The molecule has 6 heteroatoms. The van der Waals surface area contributed by atoms with Crippen LogP contribution in [0.2, 0.25) is 0 Å². The smallest absolute Gasteiger partial charge is 0.407 e. The van der Waals surface area contributed by atoms with Crippen LogP contribution in [0.1, 0.15) is 26.3 Å². The Balaban J connectivity index is 1.87. The fourth-order valence-electron chi connectivity index (χ4n) is 2.13. The number of benzene rings is 1. The first-order chi connectivity index (χ1) is 11.4. The fourth-order valence-corrected chi connectivity index (χ4v) is 2.13. The predicted octanol–water partition coefficient (Wildman–Crippen LogP) is 3.14. The van der Waals surface area contributed by atoms with E-state index >= 15 is 0 Å². The highest BCUT2D eigenvalue weighted by Gasteiger charge is 2.15.